The Bertz CT molecular complexity index is 156. The lowest BCUT2D eigenvalue weighted by molar-refractivity contribution is 1.14. The molecule has 0 spiro atoms. The van der Waals surface area contributed by atoms with Gasteiger partial charge in [-0.1, -0.05) is 0 Å². The minimum atomic E-state index is 0.429. The van der Waals surface area contributed by atoms with Gasteiger partial charge in [0.25, 0.3) is 0 Å². The van der Waals surface area contributed by atoms with Crippen molar-refractivity contribution >= 4 is 84.9 Å². The summed E-state index contributed by atoms with van der Waals surface area (Å²) in [5.74, 6) is 9.02. The molecule has 0 saturated carbocycles. The molecule has 0 bridgehead atoms. The number of thiol groups is 4. The molecule has 0 heterocycles. The zero-order chi connectivity index (χ0) is 12.9. The molecule has 0 radical (unpaired) electrons. The van der Waals surface area contributed by atoms with Crippen LogP contribution in [-0.4, -0.2) is 56.4 Å². The van der Waals surface area contributed by atoms with Crippen LogP contribution < -0.4 is 0 Å². The molecule has 2 unspecified atom stereocenters. The van der Waals surface area contributed by atoms with E-state index in [1.807, 2.05) is 11.8 Å². The molecule has 0 aromatic heterocycles. The Kier molecular flexibility index (Phi) is 17.0. The summed E-state index contributed by atoms with van der Waals surface area (Å²) in [6.07, 6.45) is 0. The van der Waals surface area contributed by atoms with Gasteiger partial charge < -0.3 is 0 Å². The van der Waals surface area contributed by atoms with E-state index in [-0.39, 0.29) is 0 Å². The van der Waals surface area contributed by atoms with Gasteiger partial charge in [-0.15, -0.1) is 12.6 Å². The van der Waals surface area contributed by atoms with Crippen molar-refractivity contribution in [2.45, 2.75) is 5.25 Å². The Morgan fingerprint density at radius 2 is 1.71 bits per heavy atom. The fraction of sp³-hybridized carbons (Fsp3) is 1.00. The summed E-state index contributed by atoms with van der Waals surface area (Å²) >= 11 is 21.5. The van der Waals surface area contributed by atoms with Crippen molar-refractivity contribution in [3.63, 3.8) is 0 Å². The minimum Gasteiger partial charge on any atom is -0.179 e. The largest absolute Gasteiger partial charge is 0.179 e. The lowest BCUT2D eigenvalue weighted by Gasteiger charge is -2.14. The highest BCUT2D eigenvalue weighted by Crippen LogP contribution is 2.18. The maximum Gasteiger partial charge on any atom is 0.150 e. The average molecular weight is 368 g/mol. The van der Waals surface area contributed by atoms with Gasteiger partial charge in [-0.3, -0.25) is 0 Å². The molecule has 0 aliphatic heterocycles. The molecule has 104 valence electrons. The van der Waals surface area contributed by atoms with Gasteiger partial charge in [-0.2, -0.15) is 61.4 Å². The molecule has 0 nitrogen and oxygen atoms in total. The fourth-order valence-corrected chi connectivity index (χ4v) is 7.57. The van der Waals surface area contributed by atoms with Crippen molar-refractivity contribution in [3.05, 3.63) is 0 Å². The van der Waals surface area contributed by atoms with Crippen LogP contribution >= 0.6 is 74.0 Å². The van der Waals surface area contributed by atoms with Crippen LogP contribution in [0.25, 0.3) is 0 Å². The highest BCUT2D eigenvalue weighted by Gasteiger charge is 2.21. The molecule has 7 heteroatoms. The van der Waals surface area contributed by atoms with Gasteiger partial charge in [0.2, 0.25) is 0 Å². The van der Waals surface area contributed by atoms with Gasteiger partial charge in [0.05, 0.1) is 5.25 Å². The molecule has 0 amide bonds. The molecule has 0 saturated heterocycles. The number of thioether (sulfide) groups is 2. The van der Waals surface area contributed by atoms with E-state index >= 15 is 0 Å². The predicted octanol–water partition coefficient (Wildman–Crippen LogP) is 3.12. The first-order valence-electron chi connectivity index (χ1n) is 5.55. The van der Waals surface area contributed by atoms with Crippen LogP contribution in [0.4, 0.5) is 0 Å². The maximum atomic E-state index is 4.46. The summed E-state index contributed by atoms with van der Waals surface area (Å²) < 4.78 is 0. The molecule has 0 N–H and O–H groups in total. The van der Waals surface area contributed by atoms with Crippen molar-refractivity contribution in [2.75, 3.05) is 51.1 Å². The zero-order valence-electron chi connectivity index (χ0n) is 9.95. The fourth-order valence-electron chi connectivity index (χ4n) is 1.19. The zero-order valence-corrected chi connectivity index (χ0v) is 16.0. The second kappa shape index (κ2) is 14.9. The molecule has 17 heavy (non-hydrogen) atoms. The SMILES string of the molecule is SCCSCCSC(CS)C[S+](CS)CCS. The number of hydrogen-bond acceptors (Lipinski definition) is 6. The monoisotopic (exact) mass is 367 g/mol. The predicted molar refractivity (Wildman–Crippen MR) is 106 cm³/mol. The second-order valence-corrected chi connectivity index (χ2v) is 10.2. The average Bonchev–Trinajstić information content (AvgIpc) is 2.36. The molecule has 0 fully saturated rings. The summed E-state index contributed by atoms with van der Waals surface area (Å²) in [4.78, 5) is 0. The van der Waals surface area contributed by atoms with E-state index in [1.54, 1.807) is 0 Å². The van der Waals surface area contributed by atoms with Gasteiger partial charge in [0.15, 0.2) is 5.08 Å². The lowest BCUT2D eigenvalue weighted by atomic mass is 10.5. The first-order chi connectivity index (χ1) is 8.28. The smallest absolute Gasteiger partial charge is 0.150 e. The third-order valence-electron chi connectivity index (χ3n) is 2.00. The Hall–Kier alpha value is 2.45. The van der Waals surface area contributed by atoms with Gasteiger partial charge in [-0.05, 0) is 16.6 Å². The highest BCUT2D eigenvalue weighted by atomic mass is 32.2. The van der Waals surface area contributed by atoms with Crippen LogP contribution in [0, 0.1) is 0 Å². The first kappa shape index (κ1) is 19.4. The van der Waals surface area contributed by atoms with Gasteiger partial charge in [0, 0.05) is 28.8 Å². The number of hydrogen-bond donors (Lipinski definition) is 4. The van der Waals surface area contributed by atoms with Crippen molar-refractivity contribution < 1.29 is 0 Å². The Morgan fingerprint density at radius 3 is 2.24 bits per heavy atom. The molecule has 0 aliphatic carbocycles. The molecule has 0 rings (SSSR count). The molecule has 2 atom stereocenters. The van der Waals surface area contributed by atoms with E-state index in [0.717, 1.165) is 28.1 Å². The Labute approximate surface area is 140 Å². The van der Waals surface area contributed by atoms with E-state index in [2.05, 4.69) is 62.3 Å². The van der Waals surface area contributed by atoms with E-state index < -0.39 is 0 Å². The standard InChI is InChI=1S/C10H22S7/c11-1-3-15-4-5-16-10(7-13)8-17(9-14)6-2-12/h10H,1-9H2,(H3-,11,12,13,14)/p+1. The van der Waals surface area contributed by atoms with Crippen LogP contribution in [0.15, 0.2) is 0 Å². The molecular formula is C10H23S7+. The Balaban J connectivity index is 3.66. The van der Waals surface area contributed by atoms with Gasteiger partial charge in [0.1, 0.15) is 11.5 Å². The van der Waals surface area contributed by atoms with E-state index in [4.69, 9.17) is 0 Å². The topological polar surface area (TPSA) is 0 Å². The van der Waals surface area contributed by atoms with Gasteiger partial charge in [-0.25, -0.2) is 0 Å². The van der Waals surface area contributed by atoms with E-state index in [0.29, 0.717) is 16.1 Å². The van der Waals surface area contributed by atoms with Crippen LogP contribution in [-0.2, 0) is 10.9 Å². The third kappa shape index (κ3) is 11.9. The van der Waals surface area contributed by atoms with E-state index in [9.17, 15) is 0 Å². The first-order valence-corrected chi connectivity index (χ1v) is 12.0. The quantitative estimate of drug-likeness (QED) is 0.238. The lowest BCUT2D eigenvalue weighted by Crippen LogP contribution is -2.24. The van der Waals surface area contributed by atoms with Crippen molar-refractivity contribution in [2.24, 2.45) is 0 Å². The highest BCUT2D eigenvalue weighted by molar-refractivity contribution is 8.09. The van der Waals surface area contributed by atoms with Crippen LogP contribution in [0.5, 0.6) is 0 Å². The molecule has 0 aromatic carbocycles. The van der Waals surface area contributed by atoms with Crippen LogP contribution in [0.3, 0.4) is 0 Å². The molecule has 0 aliphatic rings. The van der Waals surface area contributed by atoms with Crippen LogP contribution in [0.1, 0.15) is 0 Å². The van der Waals surface area contributed by atoms with Crippen molar-refractivity contribution in [3.8, 4) is 0 Å². The normalized spacial score (nSPS) is 14.8. The summed E-state index contributed by atoms with van der Waals surface area (Å²) in [7, 11) is 0.429. The molecular weight excluding hydrogens is 345 g/mol. The van der Waals surface area contributed by atoms with E-state index in [1.165, 1.54) is 23.0 Å². The third-order valence-corrected chi connectivity index (χ3v) is 9.56. The summed E-state index contributed by atoms with van der Waals surface area (Å²) in [6.45, 7) is 0. The van der Waals surface area contributed by atoms with Crippen molar-refractivity contribution in [1.29, 1.82) is 0 Å². The Morgan fingerprint density at radius 1 is 0.941 bits per heavy atom. The second-order valence-electron chi connectivity index (χ2n) is 3.35. The van der Waals surface area contributed by atoms with Crippen molar-refractivity contribution in [1.82, 2.24) is 0 Å². The summed E-state index contributed by atoms with van der Waals surface area (Å²) in [5.41, 5.74) is 0. The summed E-state index contributed by atoms with van der Waals surface area (Å²) in [5, 5.41) is 1.69. The minimum absolute atomic E-state index is 0.429. The van der Waals surface area contributed by atoms with Crippen LogP contribution in [0.2, 0.25) is 0 Å². The van der Waals surface area contributed by atoms with Gasteiger partial charge >= 0.3 is 0 Å². The molecule has 0 aromatic rings. The summed E-state index contributed by atoms with van der Waals surface area (Å²) in [6, 6.07) is 0. The maximum absolute atomic E-state index is 4.46. The number of rotatable bonds is 12.